The molecule has 26 heavy (non-hydrogen) atoms. The molecule has 3 N–H and O–H groups in total. The van der Waals surface area contributed by atoms with Gasteiger partial charge in [-0.25, -0.2) is 4.39 Å². The van der Waals surface area contributed by atoms with Crippen molar-refractivity contribution in [2.24, 2.45) is 0 Å². The van der Waals surface area contributed by atoms with Crippen LogP contribution in [-0.2, 0) is 4.79 Å². The standard InChI is InChI=1S/C20H22FN3O2/c1-13(19-11-14-5-3-4-6-18(14)26-19)24(2)10-9-20(25)23-17-12-15(22)7-8-16(17)21/h3-8,11-13H,9-10,22H2,1-2H3,(H,23,25). The monoisotopic (exact) mass is 355 g/mol. The number of halogens is 1. The van der Waals surface area contributed by atoms with E-state index in [-0.39, 0.29) is 24.1 Å². The molecule has 3 aromatic rings. The molecule has 0 saturated heterocycles. The van der Waals surface area contributed by atoms with E-state index in [1.54, 1.807) is 0 Å². The number of hydrogen-bond donors (Lipinski definition) is 2. The summed E-state index contributed by atoms with van der Waals surface area (Å²) in [6.07, 6.45) is 0.231. The number of carbonyl (C=O) groups is 1. The van der Waals surface area contributed by atoms with Crippen molar-refractivity contribution in [3.8, 4) is 0 Å². The number of nitrogens with two attached hydrogens (primary N) is 1. The Kier molecular flexibility index (Phi) is 5.23. The van der Waals surface area contributed by atoms with E-state index in [4.69, 9.17) is 10.2 Å². The number of nitrogen functional groups attached to an aromatic ring is 1. The number of fused-ring (bicyclic) bond motifs is 1. The van der Waals surface area contributed by atoms with E-state index in [0.717, 1.165) is 16.7 Å². The minimum Gasteiger partial charge on any atom is -0.459 e. The molecule has 2 aromatic carbocycles. The van der Waals surface area contributed by atoms with Crippen LogP contribution in [0.5, 0.6) is 0 Å². The Bertz CT molecular complexity index is 889. The highest BCUT2D eigenvalue weighted by Crippen LogP contribution is 2.26. The fourth-order valence-corrected chi connectivity index (χ4v) is 2.75. The van der Waals surface area contributed by atoms with Crippen LogP contribution >= 0.6 is 0 Å². The lowest BCUT2D eigenvalue weighted by Gasteiger charge is -2.22. The van der Waals surface area contributed by atoms with Gasteiger partial charge in [0.2, 0.25) is 5.91 Å². The van der Waals surface area contributed by atoms with Gasteiger partial charge in [-0.2, -0.15) is 0 Å². The molecule has 1 heterocycles. The predicted octanol–water partition coefficient (Wildman–Crippen LogP) is 4.18. The molecule has 1 aromatic heterocycles. The smallest absolute Gasteiger partial charge is 0.225 e. The van der Waals surface area contributed by atoms with Crippen molar-refractivity contribution in [2.45, 2.75) is 19.4 Å². The summed E-state index contributed by atoms with van der Waals surface area (Å²) in [5.41, 5.74) is 6.97. The molecule has 0 radical (unpaired) electrons. The zero-order valence-corrected chi connectivity index (χ0v) is 14.8. The zero-order chi connectivity index (χ0) is 18.7. The molecule has 5 nitrogen and oxygen atoms in total. The van der Waals surface area contributed by atoms with E-state index < -0.39 is 5.82 Å². The third kappa shape index (κ3) is 4.03. The molecular formula is C20H22FN3O2. The maximum Gasteiger partial charge on any atom is 0.225 e. The summed E-state index contributed by atoms with van der Waals surface area (Å²) in [4.78, 5) is 14.1. The number of nitrogens with zero attached hydrogens (tertiary/aromatic N) is 1. The van der Waals surface area contributed by atoms with Crippen molar-refractivity contribution in [3.63, 3.8) is 0 Å². The number of anilines is 2. The second-order valence-corrected chi connectivity index (χ2v) is 6.38. The third-order valence-electron chi connectivity index (χ3n) is 4.47. The Morgan fingerprint density at radius 1 is 1.27 bits per heavy atom. The summed E-state index contributed by atoms with van der Waals surface area (Å²) >= 11 is 0. The molecule has 0 saturated carbocycles. The van der Waals surface area contributed by atoms with Crippen molar-refractivity contribution in [3.05, 3.63) is 60.1 Å². The first kappa shape index (κ1) is 17.9. The minimum atomic E-state index is -0.503. The molecule has 6 heteroatoms. The molecule has 0 fully saturated rings. The molecule has 0 aliphatic rings. The number of amides is 1. The van der Waals surface area contributed by atoms with Crippen molar-refractivity contribution in [1.82, 2.24) is 4.90 Å². The molecule has 1 atom stereocenters. The number of rotatable bonds is 6. The summed E-state index contributed by atoms with van der Waals surface area (Å²) in [5, 5.41) is 3.62. The lowest BCUT2D eigenvalue weighted by Crippen LogP contribution is -2.27. The average molecular weight is 355 g/mol. The van der Waals surface area contributed by atoms with E-state index in [1.165, 1.54) is 18.2 Å². The van der Waals surface area contributed by atoms with Crippen molar-refractivity contribution < 1.29 is 13.6 Å². The zero-order valence-electron chi connectivity index (χ0n) is 14.8. The van der Waals surface area contributed by atoms with Crippen molar-refractivity contribution >= 4 is 28.3 Å². The minimum absolute atomic E-state index is 0.0132. The fourth-order valence-electron chi connectivity index (χ4n) is 2.75. The quantitative estimate of drug-likeness (QED) is 0.651. The maximum atomic E-state index is 13.7. The molecule has 3 rings (SSSR count). The number of furan rings is 1. The van der Waals surface area contributed by atoms with Gasteiger partial charge >= 0.3 is 0 Å². The third-order valence-corrected chi connectivity index (χ3v) is 4.47. The first-order valence-corrected chi connectivity index (χ1v) is 8.47. The molecule has 0 aliphatic heterocycles. The lowest BCUT2D eigenvalue weighted by atomic mass is 10.2. The number of benzene rings is 2. The molecular weight excluding hydrogens is 333 g/mol. The van der Waals surface area contributed by atoms with Gasteiger partial charge in [0.05, 0.1) is 11.7 Å². The Labute approximate surface area is 151 Å². The summed E-state index contributed by atoms with van der Waals surface area (Å²) in [7, 11) is 1.92. The van der Waals surface area contributed by atoms with E-state index in [0.29, 0.717) is 12.2 Å². The molecule has 0 spiro atoms. The van der Waals surface area contributed by atoms with Crippen LogP contribution in [0.1, 0.15) is 25.1 Å². The molecule has 1 amide bonds. The summed E-state index contributed by atoms with van der Waals surface area (Å²) in [6, 6.07) is 14.0. The first-order chi connectivity index (χ1) is 12.4. The van der Waals surface area contributed by atoms with Crippen LogP contribution in [0.4, 0.5) is 15.8 Å². The van der Waals surface area contributed by atoms with Gasteiger partial charge in [0, 0.05) is 24.0 Å². The van der Waals surface area contributed by atoms with Gasteiger partial charge in [-0.1, -0.05) is 18.2 Å². The van der Waals surface area contributed by atoms with E-state index in [9.17, 15) is 9.18 Å². The normalized spacial score (nSPS) is 12.5. The molecule has 1 unspecified atom stereocenters. The van der Waals surface area contributed by atoms with Gasteiger partial charge in [-0.3, -0.25) is 9.69 Å². The Balaban J connectivity index is 1.58. The number of para-hydroxylation sites is 1. The average Bonchev–Trinajstić information content (AvgIpc) is 3.06. The van der Waals surface area contributed by atoms with Gasteiger partial charge in [0.15, 0.2) is 0 Å². The van der Waals surface area contributed by atoms with E-state index in [2.05, 4.69) is 5.32 Å². The van der Waals surface area contributed by atoms with Crippen LogP contribution in [0.3, 0.4) is 0 Å². The summed E-state index contributed by atoms with van der Waals surface area (Å²) < 4.78 is 19.6. The maximum absolute atomic E-state index is 13.7. The first-order valence-electron chi connectivity index (χ1n) is 8.47. The topological polar surface area (TPSA) is 71.5 Å². The van der Waals surface area contributed by atoms with Gasteiger partial charge in [-0.05, 0) is 44.3 Å². The van der Waals surface area contributed by atoms with Crippen LogP contribution in [0.15, 0.2) is 52.9 Å². The second kappa shape index (κ2) is 7.58. The number of hydrogen-bond acceptors (Lipinski definition) is 4. The van der Waals surface area contributed by atoms with Gasteiger partial charge < -0.3 is 15.5 Å². The largest absolute Gasteiger partial charge is 0.459 e. The van der Waals surface area contributed by atoms with Gasteiger partial charge in [0.1, 0.15) is 17.2 Å². The summed E-state index contributed by atoms with van der Waals surface area (Å²) in [5.74, 6) is 0.0747. The lowest BCUT2D eigenvalue weighted by molar-refractivity contribution is -0.116. The molecule has 136 valence electrons. The Hall–Kier alpha value is -2.86. The van der Waals surface area contributed by atoms with E-state index in [1.807, 2.05) is 49.2 Å². The number of nitrogens with one attached hydrogen (secondary N) is 1. The van der Waals surface area contributed by atoms with Gasteiger partial charge in [0.25, 0.3) is 0 Å². The van der Waals surface area contributed by atoms with Crippen LogP contribution in [-0.4, -0.2) is 24.4 Å². The molecule has 0 aliphatic carbocycles. The highest BCUT2D eigenvalue weighted by atomic mass is 19.1. The van der Waals surface area contributed by atoms with Crippen LogP contribution in [0, 0.1) is 5.82 Å². The van der Waals surface area contributed by atoms with Crippen molar-refractivity contribution in [1.29, 1.82) is 0 Å². The number of carbonyl (C=O) groups excluding carboxylic acids is 1. The Morgan fingerprint density at radius 2 is 2.04 bits per heavy atom. The summed E-state index contributed by atoms with van der Waals surface area (Å²) in [6.45, 7) is 2.53. The van der Waals surface area contributed by atoms with Crippen molar-refractivity contribution in [2.75, 3.05) is 24.6 Å². The second-order valence-electron chi connectivity index (χ2n) is 6.38. The van der Waals surface area contributed by atoms with Crippen LogP contribution < -0.4 is 11.1 Å². The van der Waals surface area contributed by atoms with E-state index >= 15 is 0 Å². The predicted molar refractivity (Wildman–Crippen MR) is 101 cm³/mol. The van der Waals surface area contributed by atoms with Crippen LogP contribution in [0.2, 0.25) is 0 Å². The highest BCUT2D eigenvalue weighted by molar-refractivity contribution is 5.91. The highest BCUT2D eigenvalue weighted by Gasteiger charge is 2.17. The van der Waals surface area contributed by atoms with Gasteiger partial charge in [-0.15, -0.1) is 0 Å². The Morgan fingerprint density at radius 3 is 2.81 bits per heavy atom. The fraction of sp³-hybridized carbons (Fsp3) is 0.250. The SMILES string of the molecule is CC(c1cc2ccccc2o1)N(C)CCC(=O)Nc1cc(N)ccc1F. The van der Waals surface area contributed by atoms with Crippen LogP contribution in [0.25, 0.3) is 11.0 Å². The molecule has 0 bridgehead atoms.